The average Bonchev–Trinajstić information content (AvgIpc) is 2.25. The topological polar surface area (TPSA) is 20.2 Å². The molecule has 0 unspecified atom stereocenters. The van der Waals surface area contributed by atoms with Crippen LogP contribution in [0.5, 0.6) is 0 Å². The third-order valence-electron chi connectivity index (χ3n) is 3.35. The van der Waals surface area contributed by atoms with E-state index < -0.39 is 5.60 Å². The first-order valence-corrected chi connectivity index (χ1v) is 6.52. The van der Waals surface area contributed by atoms with Crippen LogP contribution >= 0.6 is 23.2 Å². The summed E-state index contributed by atoms with van der Waals surface area (Å²) in [7, 11) is 0. The number of hydrogen-bond donors (Lipinski definition) is 1. The summed E-state index contributed by atoms with van der Waals surface area (Å²) >= 11 is 12.2. The van der Waals surface area contributed by atoms with E-state index in [-0.39, 0.29) is 0 Å². The molecule has 1 aromatic carbocycles. The van der Waals surface area contributed by atoms with E-state index in [1.165, 1.54) is 6.42 Å². The third-order valence-corrected chi connectivity index (χ3v) is 4.06. The largest absolute Gasteiger partial charge is 0.390 e. The minimum Gasteiger partial charge on any atom is -0.390 e. The molecule has 1 nitrogen and oxygen atoms in total. The van der Waals surface area contributed by atoms with Crippen LogP contribution in [-0.4, -0.2) is 10.7 Å². The van der Waals surface area contributed by atoms with Gasteiger partial charge in [0, 0.05) is 16.5 Å². The van der Waals surface area contributed by atoms with Crippen molar-refractivity contribution in [1.82, 2.24) is 0 Å². The predicted octanol–water partition coefficient (Wildman–Crippen LogP) is 4.23. The molecule has 1 fully saturated rings. The van der Waals surface area contributed by atoms with Crippen molar-refractivity contribution < 1.29 is 5.11 Å². The van der Waals surface area contributed by atoms with Crippen molar-refractivity contribution in [1.29, 1.82) is 0 Å². The molecule has 3 heteroatoms. The van der Waals surface area contributed by atoms with E-state index in [1.54, 1.807) is 0 Å². The number of halogens is 2. The van der Waals surface area contributed by atoms with Crippen LogP contribution in [0.4, 0.5) is 0 Å². The number of aliphatic hydroxyl groups is 1. The minimum atomic E-state index is -0.604. The van der Waals surface area contributed by atoms with Crippen molar-refractivity contribution in [3.05, 3.63) is 33.8 Å². The molecular weight excluding hydrogens is 243 g/mol. The first kappa shape index (κ1) is 12.2. The minimum absolute atomic E-state index is 0.575. The average molecular weight is 259 g/mol. The van der Waals surface area contributed by atoms with Gasteiger partial charge in [-0.15, -0.1) is 0 Å². The van der Waals surface area contributed by atoms with Crippen LogP contribution in [0.3, 0.4) is 0 Å². The fraction of sp³-hybridized carbons (Fsp3) is 0.538. The summed E-state index contributed by atoms with van der Waals surface area (Å²) in [5, 5.41) is 11.8. The predicted molar refractivity (Wildman–Crippen MR) is 68.2 cm³/mol. The van der Waals surface area contributed by atoms with Gasteiger partial charge >= 0.3 is 0 Å². The Hall–Kier alpha value is -0.240. The van der Waals surface area contributed by atoms with Crippen LogP contribution in [-0.2, 0) is 6.42 Å². The lowest BCUT2D eigenvalue weighted by molar-refractivity contribution is 0.00452. The molecule has 1 aliphatic carbocycles. The first-order chi connectivity index (χ1) is 7.61. The standard InChI is InChI=1S/C13H16Cl2O/c14-11-5-4-6-12(15)10(11)9-13(16)7-2-1-3-8-13/h4-6,16H,1-3,7-9H2. The summed E-state index contributed by atoms with van der Waals surface area (Å²) in [6.45, 7) is 0. The normalized spacial score (nSPS) is 19.7. The monoisotopic (exact) mass is 258 g/mol. The highest BCUT2D eigenvalue weighted by Gasteiger charge is 2.30. The van der Waals surface area contributed by atoms with Gasteiger partial charge in [0.2, 0.25) is 0 Å². The van der Waals surface area contributed by atoms with E-state index in [1.807, 2.05) is 18.2 Å². The van der Waals surface area contributed by atoms with Gasteiger partial charge in [-0.25, -0.2) is 0 Å². The van der Waals surface area contributed by atoms with Gasteiger partial charge in [0.05, 0.1) is 5.60 Å². The molecule has 0 spiro atoms. The Labute approximate surface area is 106 Å². The molecule has 88 valence electrons. The second-order valence-corrected chi connectivity index (χ2v) is 5.48. The van der Waals surface area contributed by atoms with Crippen LogP contribution < -0.4 is 0 Å². The van der Waals surface area contributed by atoms with E-state index in [2.05, 4.69) is 0 Å². The van der Waals surface area contributed by atoms with E-state index in [9.17, 15) is 5.11 Å². The molecule has 1 N–H and O–H groups in total. The van der Waals surface area contributed by atoms with Crippen molar-refractivity contribution in [2.24, 2.45) is 0 Å². The number of rotatable bonds is 2. The van der Waals surface area contributed by atoms with Crippen molar-refractivity contribution in [2.45, 2.75) is 44.1 Å². The van der Waals surface area contributed by atoms with Crippen molar-refractivity contribution in [3.63, 3.8) is 0 Å². The summed E-state index contributed by atoms with van der Waals surface area (Å²) < 4.78 is 0. The van der Waals surface area contributed by atoms with Crippen molar-refractivity contribution >= 4 is 23.2 Å². The fourth-order valence-corrected chi connectivity index (χ4v) is 2.95. The molecular formula is C13H16Cl2O. The maximum Gasteiger partial charge on any atom is 0.0689 e. The van der Waals surface area contributed by atoms with Gasteiger partial charge in [-0.2, -0.15) is 0 Å². The van der Waals surface area contributed by atoms with E-state index in [0.29, 0.717) is 16.5 Å². The molecule has 1 saturated carbocycles. The second kappa shape index (κ2) is 4.95. The van der Waals surface area contributed by atoms with E-state index in [0.717, 1.165) is 31.2 Å². The van der Waals surface area contributed by atoms with Crippen LogP contribution in [0.2, 0.25) is 10.0 Å². The van der Waals surface area contributed by atoms with Gasteiger partial charge in [-0.05, 0) is 30.5 Å². The van der Waals surface area contributed by atoms with E-state index in [4.69, 9.17) is 23.2 Å². The molecule has 1 aliphatic rings. The summed E-state index contributed by atoms with van der Waals surface area (Å²) in [4.78, 5) is 0. The van der Waals surface area contributed by atoms with Gasteiger partial charge in [-0.1, -0.05) is 48.5 Å². The van der Waals surface area contributed by atoms with Crippen molar-refractivity contribution in [2.75, 3.05) is 0 Å². The third kappa shape index (κ3) is 2.71. The summed E-state index contributed by atoms with van der Waals surface area (Å²) in [6.07, 6.45) is 5.70. The highest BCUT2D eigenvalue weighted by molar-refractivity contribution is 6.36. The summed E-state index contributed by atoms with van der Waals surface area (Å²) in [6, 6.07) is 5.49. The van der Waals surface area contributed by atoms with Crippen molar-refractivity contribution in [3.8, 4) is 0 Å². The maximum atomic E-state index is 10.5. The zero-order valence-corrected chi connectivity index (χ0v) is 10.7. The molecule has 0 aromatic heterocycles. The van der Waals surface area contributed by atoms with Crippen LogP contribution in [0.1, 0.15) is 37.7 Å². The Morgan fingerprint density at radius 3 is 2.19 bits per heavy atom. The van der Waals surface area contributed by atoms with Crippen LogP contribution in [0.15, 0.2) is 18.2 Å². The molecule has 2 rings (SSSR count). The van der Waals surface area contributed by atoms with Gasteiger partial charge < -0.3 is 5.11 Å². The fourth-order valence-electron chi connectivity index (χ4n) is 2.42. The van der Waals surface area contributed by atoms with Crippen LogP contribution in [0, 0.1) is 0 Å². The lowest BCUT2D eigenvalue weighted by Gasteiger charge is -2.32. The molecule has 0 saturated heterocycles. The zero-order valence-electron chi connectivity index (χ0n) is 9.18. The lowest BCUT2D eigenvalue weighted by atomic mass is 9.80. The molecule has 0 atom stereocenters. The van der Waals surface area contributed by atoms with Gasteiger partial charge in [0.25, 0.3) is 0 Å². The first-order valence-electron chi connectivity index (χ1n) is 5.76. The quantitative estimate of drug-likeness (QED) is 0.842. The summed E-state index contributed by atoms with van der Waals surface area (Å²) in [5.41, 5.74) is 0.280. The Balaban J connectivity index is 2.19. The molecule has 0 amide bonds. The lowest BCUT2D eigenvalue weighted by Crippen LogP contribution is -2.34. The highest BCUT2D eigenvalue weighted by atomic mass is 35.5. The molecule has 0 heterocycles. The SMILES string of the molecule is OC1(Cc2c(Cl)cccc2Cl)CCCCC1. The Kier molecular flexibility index (Phi) is 3.78. The Morgan fingerprint density at radius 2 is 1.62 bits per heavy atom. The van der Waals surface area contributed by atoms with Gasteiger partial charge in [0.15, 0.2) is 0 Å². The number of benzene rings is 1. The second-order valence-electron chi connectivity index (χ2n) is 4.66. The molecule has 0 aliphatic heterocycles. The zero-order chi connectivity index (χ0) is 11.6. The Bertz CT molecular complexity index is 350. The van der Waals surface area contributed by atoms with Gasteiger partial charge in [0.1, 0.15) is 0 Å². The summed E-state index contributed by atoms with van der Waals surface area (Å²) in [5.74, 6) is 0. The van der Waals surface area contributed by atoms with E-state index >= 15 is 0 Å². The molecule has 0 radical (unpaired) electrons. The maximum absolute atomic E-state index is 10.5. The smallest absolute Gasteiger partial charge is 0.0689 e. The molecule has 16 heavy (non-hydrogen) atoms. The number of hydrogen-bond acceptors (Lipinski definition) is 1. The Morgan fingerprint density at radius 1 is 1.06 bits per heavy atom. The van der Waals surface area contributed by atoms with Gasteiger partial charge in [-0.3, -0.25) is 0 Å². The molecule has 1 aromatic rings. The van der Waals surface area contributed by atoms with Crippen LogP contribution in [0.25, 0.3) is 0 Å². The highest BCUT2D eigenvalue weighted by Crippen LogP contribution is 2.35. The molecule has 0 bridgehead atoms.